The Labute approximate surface area is 481 Å². The molecule has 81 heavy (non-hydrogen) atoms. The monoisotopic (exact) mass is 1150 g/mol. The number of furan rings is 2. The number of hydrogen-bond acceptors (Lipinski definition) is 18. The molecule has 20 heteroatoms. The molecule has 2 unspecified atom stereocenters. The molecule has 0 saturated carbocycles. The highest BCUT2D eigenvalue weighted by Gasteiger charge is 2.03. The SMILES string of the molecule is C=CCNC(=O)CC.C=CCOC(=O)CC.CC(O)c1ccco1.CCC(=O)/C=C/C(=O)CC.CCC(=O)/C=C/C(C)O.CCC(=O)NCCO.CCC(=O)c1ccco1.CCCCC(=O)/C=C/CO.CCOC(=O)/C=C/C(=O)CC. The molecule has 6 N–H and O–H groups in total. The molecule has 20 nitrogen and oxygen atoms in total. The van der Waals surface area contributed by atoms with E-state index in [0.29, 0.717) is 95.6 Å². The van der Waals surface area contributed by atoms with Crippen LogP contribution in [0, 0.1) is 0 Å². The van der Waals surface area contributed by atoms with Crippen molar-refractivity contribution in [3.63, 3.8) is 0 Å². The lowest BCUT2D eigenvalue weighted by Gasteiger charge is -1.96. The third kappa shape index (κ3) is 77.0. The van der Waals surface area contributed by atoms with Gasteiger partial charge in [0.15, 0.2) is 40.5 Å². The third-order valence-corrected chi connectivity index (χ3v) is 8.53. The maximum Gasteiger partial charge on any atom is 0.330 e. The average Bonchev–Trinajstić information content (AvgIpc) is 4.24. The zero-order valence-electron chi connectivity index (χ0n) is 50.3. The quantitative estimate of drug-likeness (QED) is 0.0200. The van der Waals surface area contributed by atoms with E-state index in [9.17, 15) is 47.9 Å². The van der Waals surface area contributed by atoms with Crippen molar-refractivity contribution in [2.24, 2.45) is 0 Å². The van der Waals surface area contributed by atoms with Crippen LogP contribution in [-0.2, 0) is 52.6 Å². The molecule has 2 aromatic heterocycles. The first kappa shape index (κ1) is 87.6. The fourth-order valence-electron chi connectivity index (χ4n) is 3.90. The molecule has 0 saturated heterocycles. The molecular formula is C61H98N2O18. The first-order valence-corrected chi connectivity index (χ1v) is 27.1. The normalized spacial score (nSPS) is 10.4. The largest absolute Gasteiger partial charge is 0.467 e. The Morgan fingerprint density at radius 3 is 1.46 bits per heavy atom. The highest BCUT2D eigenvalue weighted by atomic mass is 16.5. The van der Waals surface area contributed by atoms with Crippen molar-refractivity contribution in [3.05, 3.63) is 122 Å². The second kappa shape index (κ2) is 68.8. The lowest BCUT2D eigenvalue weighted by atomic mass is 10.2. The first-order chi connectivity index (χ1) is 38.4. The van der Waals surface area contributed by atoms with E-state index in [2.05, 4.69) is 33.3 Å². The minimum Gasteiger partial charge on any atom is -0.467 e. The van der Waals surface area contributed by atoms with E-state index in [0.717, 1.165) is 18.9 Å². The van der Waals surface area contributed by atoms with Crippen LogP contribution >= 0.6 is 0 Å². The van der Waals surface area contributed by atoms with Crippen molar-refractivity contribution in [2.75, 3.05) is 39.5 Å². The van der Waals surface area contributed by atoms with Gasteiger partial charge < -0.3 is 49.4 Å². The number of ketones is 6. The summed E-state index contributed by atoms with van der Waals surface area (Å²) in [5.41, 5.74) is 0. The number of amides is 2. The zero-order chi connectivity index (χ0) is 63.7. The standard InChI is InChI=1S/C8H12O3.C8H12O2.C8H14O2.C7H8O2.C7H12O2.C6H11NO.C6H8O2.C6H10O2.C5H11NO2/c1-3-7(9)5-6-8(10)11-4-2;1-3-7(9)5-6-8(10)4-2;1-2-3-5-8(10)6-4-7-9;1-2-6(8)7-4-3-5-9-7;1-3-7(9)5-4-6(2)8;1-3-5-7-6(8)4-2;1-5(7)6-3-2-4-8-6;1-3-5-8-6(7)4-2;1-2-5(8)6-3-4-7/h5-6H,3-4H2,1-2H3;5-6H,3-4H2,1-2H3;4,6,9H,2-3,5,7H2,1H3;3-5H,2H2,1H3;4-6,8H,3H2,1-2H3;3H,1,4-5H2,2H3,(H,7,8);2-5,7H,1H3;3H,1,4-5H2,2H3;7H,2-4H2,1H3,(H,6,8)/b2*6-5+;6-4+;;5-4+;;;;. The van der Waals surface area contributed by atoms with Gasteiger partial charge in [0.2, 0.25) is 11.8 Å². The molecule has 2 amide bonds. The van der Waals surface area contributed by atoms with E-state index in [1.807, 2.05) is 20.8 Å². The van der Waals surface area contributed by atoms with Gasteiger partial charge in [0.25, 0.3) is 0 Å². The molecule has 2 aromatic rings. The minimum atomic E-state index is -0.513. The molecule has 0 fully saturated rings. The molecule has 460 valence electrons. The first-order valence-electron chi connectivity index (χ1n) is 27.1. The van der Waals surface area contributed by atoms with E-state index in [1.54, 1.807) is 105 Å². The van der Waals surface area contributed by atoms with Crippen LogP contribution in [0.1, 0.15) is 176 Å². The molecule has 0 aliphatic heterocycles. The second-order valence-corrected chi connectivity index (χ2v) is 15.6. The lowest BCUT2D eigenvalue weighted by Crippen LogP contribution is -2.25. The number of carbonyl (C=O) groups is 10. The number of unbranched alkanes of at least 4 members (excludes halogenated alkanes) is 1. The van der Waals surface area contributed by atoms with Crippen molar-refractivity contribution in [3.8, 4) is 0 Å². The summed E-state index contributed by atoms with van der Waals surface area (Å²) in [6, 6.07) is 6.88. The van der Waals surface area contributed by atoms with Gasteiger partial charge in [0, 0.05) is 77.0 Å². The second-order valence-electron chi connectivity index (χ2n) is 15.6. The van der Waals surface area contributed by atoms with Gasteiger partial charge in [-0.15, -0.1) is 6.58 Å². The summed E-state index contributed by atoms with van der Waals surface area (Å²) in [5.74, 6) is 0.638. The molecule has 0 radical (unpaired) electrons. The number of rotatable bonds is 28. The number of ether oxygens (including phenoxy) is 2. The van der Waals surface area contributed by atoms with Crippen LogP contribution in [0.5, 0.6) is 0 Å². The molecule has 2 heterocycles. The fraction of sp³-hybridized carbons (Fsp3) is 0.508. The van der Waals surface area contributed by atoms with Gasteiger partial charge in [-0.25, -0.2) is 4.79 Å². The molecule has 2 rings (SSSR count). The Kier molecular flexibility index (Phi) is 74.5. The number of hydrogen-bond donors (Lipinski definition) is 6. The third-order valence-electron chi connectivity index (χ3n) is 8.53. The van der Waals surface area contributed by atoms with Gasteiger partial charge in [-0.1, -0.05) is 99.6 Å². The summed E-state index contributed by atoms with van der Waals surface area (Å²) >= 11 is 0. The molecular weight excluding hydrogens is 1050 g/mol. The van der Waals surface area contributed by atoms with Gasteiger partial charge in [0.05, 0.1) is 38.5 Å². The summed E-state index contributed by atoms with van der Waals surface area (Å²) < 4.78 is 18.8. The van der Waals surface area contributed by atoms with Crippen LogP contribution in [0.3, 0.4) is 0 Å². The van der Waals surface area contributed by atoms with Crippen LogP contribution < -0.4 is 10.6 Å². The van der Waals surface area contributed by atoms with Crippen molar-refractivity contribution in [2.45, 2.75) is 166 Å². The number of aliphatic hydroxyl groups excluding tert-OH is 4. The highest BCUT2D eigenvalue weighted by Crippen LogP contribution is 2.10. The maximum atomic E-state index is 10.8. The number of Topliss-reactive ketones (excluding diaryl/α,β-unsaturated/α-hetero) is 1. The highest BCUT2D eigenvalue weighted by molar-refractivity contribution is 5.98. The van der Waals surface area contributed by atoms with Crippen molar-refractivity contribution in [1.29, 1.82) is 0 Å². The van der Waals surface area contributed by atoms with Crippen molar-refractivity contribution in [1.82, 2.24) is 10.6 Å². The van der Waals surface area contributed by atoms with E-state index < -0.39 is 18.2 Å². The zero-order valence-corrected chi connectivity index (χ0v) is 50.3. The lowest BCUT2D eigenvalue weighted by molar-refractivity contribution is -0.142. The Morgan fingerprint density at radius 1 is 0.593 bits per heavy atom. The Morgan fingerprint density at radius 2 is 1.10 bits per heavy atom. The summed E-state index contributed by atoms with van der Waals surface area (Å²) in [7, 11) is 0. The molecule has 0 aliphatic rings. The summed E-state index contributed by atoms with van der Waals surface area (Å²) in [5, 5.41) is 39.1. The predicted octanol–water partition coefficient (Wildman–Crippen LogP) is 9.32. The average molecular weight is 1150 g/mol. The summed E-state index contributed by atoms with van der Waals surface area (Å²) in [6.45, 7) is 29.7. The van der Waals surface area contributed by atoms with Crippen LogP contribution in [0.4, 0.5) is 0 Å². The van der Waals surface area contributed by atoms with E-state index >= 15 is 0 Å². The van der Waals surface area contributed by atoms with Crippen LogP contribution in [0.15, 0.2) is 120 Å². The van der Waals surface area contributed by atoms with E-state index in [4.69, 9.17) is 29.3 Å². The Hall–Kier alpha value is -7.26. The molecule has 0 aromatic carbocycles. The maximum absolute atomic E-state index is 10.8. The fourth-order valence-corrected chi connectivity index (χ4v) is 3.90. The van der Waals surface area contributed by atoms with Gasteiger partial charge in [-0.2, -0.15) is 0 Å². The summed E-state index contributed by atoms with van der Waals surface area (Å²) in [4.78, 5) is 106. The number of carbonyl (C=O) groups excluding carboxylic acids is 10. The van der Waals surface area contributed by atoms with Gasteiger partial charge >= 0.3 is 11.9 Å². The van der Waals surface area contributed by atoms with Gasteiger partial charge in [-0.05, 0) is 81.8 Å². The Bertz CT molecular complexity index is 2000. The molecule has 2 atom stereocenters. The minimum absolute atomic E-state index is 0.00167. The van der Waals surface area contributed by atoms with Crippen molar-refractivity contribution >= 4 is 58.5 Å². The van der Waals surface area contributed by atoms with E-state index in [-0.39, 0.29) is 65.7 Å². The number of aliphatic hydroxyl groups is 4. The van der Waals surface area contributed by atoms with Crippen LogP contribution in [0.25, 0.3) is 0 Å². The smallest absolute Gasteiger partial charge is 0.330 e. The predicted molar refractivity (Wildman–Crippen MR) is 316 cm³/mol. The molecule has 0 bridgehead atoms. The summed E-state index contributed by atoms with van der Waals surface area (Å²) in [6.07, 6.45) is 22.5. The van der Waals surface area contributed by atoms with Crippen LogP contribution in [0.2, 0.25) is 0 Å². The number of nitrogens with one attached hydrogen (secondary N) is 2. The Balaban J connectivity index is -0.000000152. The molecule has 0 aliphatic carbocycles. The van der Waals surface area contributed by atoms with Crippen LogP contribution in [-0.4, -0.2) is 124 Å². The number of esters is 2. The topological polar surface area (TPSA) is 320 Å². The molecule has 0 spiro atoms. The van der Waals surface area contributed by atoms with Crippen molar-refractivity contribution < 1.29 is 86.7 Å². The van der Waals surface area contributed by atoms with Gasteiger partial charge in [-0.3, -0.25) is 43.2 Å². The number of allylic oxidation sites excluding steroid dienone is 5. The van der Waals surface area contributed by atoms with Gasteiger partial charge in [0.1, 0.15) is 18.5 Å². The van der Waals surface area contributed by atoms with E-state index in [1.165, 1.54) is 48.8 Å².